The maximum atomic E-state index is 9.37. The molecule has 2 aromatic rings. The van der Waals surface area contributed by atoms with Crippen molar-refractivity contribution in [3.8, 4) is 0 Å². The average molecular weight is 343 g/mol. The van der Waals surface area contributed by atoms with Crippen LogP contribution in [0, 0.1) is 0 Å². The molecule has 0 amide bonds. The molecule has 0 bridgehead atoms. The van der Waals surface area contributed by atoms with Crippen LogP contribution in [0.15, 0.2) is 30.3 Å². The van der Waals surface area contributed by atoms with Gasteiger partial charge >= 0.3 is 0 Å². The van der Waals surface area contributed by atoms with Crippen LogP contribution >= 0.6 is 0 Å². The van der Waals surface area contributed by atoms with E-state index in [4.69, 9.17) is 10.1 Å². The molecule has 0 radical (unpaired) electrons. The minimum absolute atomic E-state index is 0.130. The third kappa shape index (κ3) is 4.69. The van der Waals surface area contributed by atoms with Crippen LogP contribution in [-0.4, -0.2) is 59.5 Å². The lowest BCUT2D eigenvalue weighted by Crippen LogP contribution is -2.33. The van der Waals surface area contributed by atoms with Crippen LogP contribution in [0.1, 0.15) is 31.2 Å². The van der Waals surface area contributed by atoms with E-state index >= 15 is 0 Å². The molecular formula is C20H29N3O2. The number of benzene rings is 1. The van der Waals surface area contributed by atoms with E-state index in [2.05, 4.69) is 28.0 Å². The van der Waals surface area contributed by atoms with Gasteiger partial charge < -0.3 is 15.1 Å². The molecule has 5 nitrogen and oxygen atoms in total. The number of anilines is 1. The van der Waals surface area contributed by atoms with Crippen molar-refractivity contribution in [1.29, 1.82) is 0 Å². The molecule has 1 aliphatic rings. The number of nitrogens with zero attached hydrogens (tertiary/aromatic N) is 3. The Morgan fingerprint density at radius 2 is 1.80 bits per heavy atom. The molecule has 0 unspecified atom stereocenters. The second-order valence-corrected chi connectivity index (χ2v) is 6.79. The zero-order valence-corrected chi connectivity index (χ0v) is 14.9. The van der Waals surface area contributed by atoms with Gasteiger partial charge in [-0.25, -0.2) is 4.98 Å². The third-order valence-electron chi connectivity index (χ3n) is 4.88. The molecule has 3 rings (SSSR count). The molecule has 136 valence electrons. The van der Waals surface area contributed by atoms with E-state index < -0.39 is 0 Å². The van der Waals surface area contributed by atoms with Crippen LogP contribution in [-0.2, 0) is 6.54 Å². The lowest BCUT2D eigenvalue weighted by molar-refractivity contribution is 0.174. The number of aliphatic hydroxyl groups is 2. The SMILES string of the molecule is OCCCN(CCO)Cc1cc2ccccc2nc1N1CCCCC1. The summed E-state index contributed by atoms with van der Waals surface area (Å²) in [7, 11) is 0. The van der Waals surface area contributed by atoms with E-state index in [1.807, 2.05) is 12.1 Å². The summed E-state index contributed by atoms with van der Waals surface area (Å²) in [6.07, 6.45) is 4.46. The van der Waals surface area contributed by atoms with Gasteiger partial charge in [-0.15, -0.1) is 0 Å². The van der Waals surface area contributed by atoms with E-state index in [0.717, 1.165) is 49.3 Å². The molecular weight excluding hydrogens is 314 g/mol. The zero-order valence-electron chi connectivity index (χ0n) is 14.9. The summed E-state index contributed by atoms with van der Waals surface area (Å²) in [6, 6.07) is 10.5. The van der Waals surface area contributed by atoms with E-state index in [1.165, 1.54) is 24.8 Å². The monoisotopic (exact) mass is 343 g/mol. The molecule has 0 spiro atoms. The highest BCUT2D eigenvalue weighted by Gasteiger charge is 2.18. The Balaban J connectivity index is 1.92. The first-order chi connectivity index (χ1) is 12.3. The van der Waals surface area contributed by atoms with Crippen LogP contribution in [0.4, 0.5) is 5.82 Å². The third-order valence-corrected chi connectivity index (χ3v) is 4.88. The fraction of sp³-hybridized carbons (Fsp3) is 0.550. The summed E-state index contributed by atoms with van der Waals surface area (Å²) in [6.45, 7) is 4.59. The van der Waals surface area contributed by atoms with Gasteiger partial charge in [-0.1, -0.05) is 18.2 Å². The second kappa shape index (κ2) is 9.13. The normalized spacial score (nSPS) is 15.2. The first kappa shape index (κ1) is 18.1. The minimum atomic E-state index is 0.130. The average Bonchev–Trinajstić information content (AvgIpc) is 2.66. The molecule has 1 aliphatic heterocycles. The number of para-hydroxylation sites is 1. The topological polar surface area (TPSA) is 59.8 Å². The van der Waals surface area contributed by atoms with E-state index in [-0.39, 0.29) is 13.2 Å². The van der Waals surface area contributed by atoms with Crippen molar-refractivity contribution in [2.45, 2.75) is 32.2 Å². The molecule has 1 fully saturated rings. The maximum Gasteiger partial charge on any atom is 0.133 e. The predicted molar refractivity (Wildman–Crippen MR) is 102 cm³/mol. The Hall–Kier alpha value is -1.69. The molecule has 2 heterocycles. The van der Waals surface area contributed by atoms with Crippen molar-refractivity contribution in [3.05, 3.63) is 35.9 Å². The van der Waals surface area contributed by atoms with Crippen molar-refractivity contribution in [2.24, 2.45) is 0 Å². The molecule has 1 aromatic heterocycles. The van der Waals surface area contributed by atoms with Crippen LogP contribution in [0.5, 0.6) is 0 Å². The number of aromatic nitrogens is 1. The fourth-order valence-electron chi connectivity index (χ4n) is 3.59. The minimum Gasteiger partial charge on any atom is -0.396 e. The number of fused-ring (bicyclic) bond motifs is 1. The van der Waals surface area contributed by atoms with Crippen LogP contribution in [0.2, 0.25) is 0 Å². The van der Waals surface area contributed by atoms with Gasteiger partial charge in [0.1, 0.15) is 5.82 Å². The summed E-state index contributed by atoms with van der Waals surface area (Å²) >= 11 is 0. The molecule has 1 aromatic carbocycles. The Bertz CT molecular complexity index is 671. The van der Waals surface area contributed by atoms with Gasteiger partial charge in [-0.2, -0.15) is 0 Å². The highest BCUT2D eigenvalue weighted by molar-refractivity contribution is 5.81. The molecule has 2 N–H and O–H groups in total. The number of aliphatic hydroxyl groups excluding tert-OH is 2. The van der Waals surface area contributed by atoms with Gasteiger partial charge in [0.2, 0.25) is 0 Å². The standard InChI is InChI=1S/C20H29N3O2/c24-13-6-9-22(12-14-25)16-18-15-17-7-2-3-8-19(17)21-20(18)23-10-4-1-5-11-23/h2-3,7-8,15,24-25H,1,4-6,9-14,16H2. The molecule has 25 heavy (non-hydrogen) atoms. The van der Waals surface area contributed by atoms with Crippen LogP contribution in [0.25, 0.3) is 10.9 Å². The van der Waals surface area contributed by atoms with Crippen LogP contribution in [0.3, 0.4) is 0 Å². The van der Waals surface area contributed by atoms with E-state index in [0.29, 0.717) is 6.54 Å². The lowest BCUT2D eigenvalue weighted by Gasteiger charge is -2.31. The zero-order chi connectivity index (χ0) is 17.5. The molecule has 0 atom stereocenters. The maximum absolute atomic E-state index is 9.37. The van der Waals surface area contributed by atoms with E-state index in [9.17, 15) is 5.11 Å². The first-order valence-electron chi connectivity index (χ1n) is 9.39. The van der Waals surface area contributed by atoms with Gasteiger partial charge in [0, 0.05) is 50.3 Å². The molecule has 1 saturated heterocycles. The number of hydrogen-bond acceptors (Lipinski definition) is 5. The highest BCUT2D eigenvalue weighted by Crippen LogP contribution is 2.27. The molecule has 0 saturated carbocycles. The quantitative estimate of drug-likeness (QED) is 0.771. The lowest BCUT2D eigenvalue weighted by atomic mass is 10.1. The Morgan fingerprint density at radius 1 is 1.00 bits per heavy atom. The molecule has 0 aliphatic carbocycles. The summed E-state index contributed by atoms with van der Waals surface area (Å²) in [5.41, 5.74) is 2.25. The first-order valence-corrected chi connectivity index (χ1v) is 9.39. The molecule has 5 heteroatoms. The van der Waals surface area contributed by atoms with Crippen molar-refractivity contribution in [3.63, 3.8) is 0 Å². The Kier molecular flexibility index (Phi) is 6.62. The van der Waals surface area contributed by atoms with Gasteiger partial charge in [0.05, 0.1) is 12.1 Å². The number of rotatable bonds is 8. The predicted octanol–water partition coefficient (Wildman–Crippen LogP) is 2.40. The summed E-state index contributed by atoms with van der Waals surface area (Å²) in [5, 5.41) is 19.7. The van der Waals surface area contributed by atoms with Crippen molar-refractivity contribution < 1.29 is 10.2 Å². The van der Waals surface area contributed by atoms with Gasteiger partial charge in [-0.05, 0) is 37.8 Å². The summed E-state index contributed by atoms with van der Waals surface area (Å²) < 4.78 is 0. The van der Waals surface area contributed by atoms with Crippen molar-refractivity contribution in [2.75, 3.05) is 44.3 Å². The van der Waals surface area contributed by atoms with Gasteiger partial charge in [0.25, 0.3) is 0 Å². The second-order valence-electron chi connectivity index (χ2n) is 6.79. The van der Waals surface area contributed by atoms with E-state index in [1.54, 1.807) is 0 Å². The smallest absolute Gasteiger partial charge is 0.133 e. The summed E-state index contributed by atoms with van der Waals surface area (Å²) in [4.78, 5) is 9.59. The van der Waals surface area contributed by atoms with Crippen molar-refractivity contribution >= 4 is 16.7 Å². The number of pyridine rings is 1. The fourth-order valence-corrected chi connectivity index (χ4v) is 3.59. The Labute approximate surface area is 149 Å². The number of piperidine rings is 1. The van der Waals surface area contributed by atoms with Crippen LogP contribution < -0.4 is 4.90 Å². The van der Waals surface area contributed by atoms with Gasteiger partial charge in [0.15, 0.2) is 0 Å². The highest BCUT2D eigenvalue weighted by atomic mass is 16.3. The summed E-state index contributed by atoms with van der Waals surface area (Å²) in [5.74, 6) is 1.09. The number of hydrogen-bond donors (Lipinski definition) is 2. The Morgan fingerprint density at radius 3 is 2.56 bits per heavy atom. The largest absolute Gasteiger partial charge is 0.396 e. The van der Waals surface area contributed by atoms with Crippen molar-refractivity contribution in [1.82, 2.24) is 9.88 Å². The van der Waals surface area contributed by atoms with Gasteiger partial charge in [-0.3, -0.25) is 4.90 Å².